The Balaban J connectivity index is 1.61. The van der Waals surface area contributed by atoms with E-state index in [1.807, 2.05) is 18.2 Å². The molecule has 9 heteroatoms. The summed E-state index contributed by atoms with van der Waals surface area (Å²) in [5, 5.41) is 1.31. The molecule has 0 saturated heterocycles. The van der Waals surface area contributed by atoms with Crippen LogP contribution < -0.4 is 0 Å². The molecule has 0 saturated carbocycles. The Bertz CT molecular complexity index is 2430. The molecule has 7 rings (SSSR count). The van der Waals surface area contributed by atoms with E-state index < -0.39 is 20.0 Å². The first-order chi connectivity index (χ1) is 21.3. The number of rotatable bonds is 7. The minimum Gasteiger partial charge on any atom is -0.298 e. The zero-order valence-corrected chi connectivity index (χ0v) is 24.7. The molecule has 216 valence electrons. The first-order valence-corrected chi connectivity index (χ1v) is 16.6. The third-order valence-electron chi connectivity index (χ3n) is 7.65. The first kappa shape index (κ1) is 27.6. The fourth-order valence-electron chi connectivity index (χ4n) is 5.70. The second-order valence-corrected chi connectivity index (χ2v) is 13.8. The smallest absolute Gasteiger partial charge is 0.268 e. The number of para-hydroxylation sites is 2. The van der Waals surface area contributed by atoms with Crippen LogP contribution in [0, 0.1) is 0 Å². The molecule has 0 bridgehead atoms. The molecule has 0 atom stereocenters. The summed E-state index contributed by atoms with van der Waals surface area (Å²) in [6.07, 6.45) is 0.661. The Hall–Kier alpha value is -5.25. The van der Waals surface area contributed by atoms with Gasteiger partial charge in [-0.1, -0.05) is 91.0 Å². The van der Waals surface area contributed by atoms with Gasteiger partial charge < -0.3 is 0 Å². The molecule has 0 amide bonds. The Labute approximate surface area is 254 Å². The van der Waals surface area contributed by atoms with E-state index in [9.17, 15) is 21.6 Å². The van der Waals surface area contributed by atoms with Crippen molar-refractivity contribution in [2.24, 2.45) is 0 Å². The summed E-state index contributed by atoms with van der Waals surface area (Å²) < 4.78 is 59.6. The van der Waals surface area contributed by atoms with Gasteiger partial charge >= 0.3 is 0 Å². The maximum absolute atomic E-state index is 14.3. The molecular weight excluding hydrogens is 593 g/mol. The lowest BCUT2D eigenvalue weighted by molar-refractivity contribution is 0.112. The average Bonchev–Trinajstić information content (AvgIpc) is 3.65. The zero-order valence-electron chi connectivity index (χ0n) is 23.1. The monoisotopic (exact) mass is 616 g/mol. The highest BCUT2D eigenvalue weighted by atomic mass is 32.2. The molecule has 0 spiro atoms. The van der Waals surface area contributed by atoms with Crippen LogP contribution in [0.25, 0.3) is 44.3 Å². The molecule has 0 aliphatic rings. The molecule has 2 aromatic heterocycles. The van der Waals surface area contributed by atoms with Crippen LogP contribution in [0.15, 0.2) is 149 Å². The quantitative estimate of drug-likeness (QED) is 0.176. The van der Waals surface area contributed by atoms with Gasteiger partial charge in [0.2, 0.25) is 0 Å². The fraction of sp³-hybridized carbons (Fsp3) is 0. The second kappa shape index (κ2) is 10.5. The summed E-state index contributed by atoms with van der Waals surface area (Å²) in [5.41, 5.74) is 2.30. The van der Waals surface area contributed by atoms with Gasteiger partial charge in [0.15, 0.2) is 6.29 Å². The highest BCUT2D eigenvalue weighted by molar-refractivity contribution is 7.90. The summed E-state index contributed by atoms with van der Waals surface area (Å²) in [7, 11) is -8.28. The molecule has 0 aliphatic heterocycles. The van der Waals surface area contributed by atoms with Crippen LogP contribution in [-0.2, 0) is 20.0 Å². The number of nitrogens with zero attached hydrogens (tertiary/aromatic N) is 2. The number of benzene rings is 5. The van der Waals surface area contributed by atoms with Crippen molar-refractivity contribution in [3.05, 3.63) is 145 Å². The molecular formula is C35H24N2O5S2. The number of carbonyl (C=O) groups excluding carboxylic acids is 1. The molecule has 0 aliphatic carbocycles. The van der Waals surface area contributed by atoms with E-state index in [2.05, 4.69) is 0 Å². The van der Waals surface area contributed by atoms with Crippen molar-refractivity contribution >= 4 is 48.1 Å². The lowest BCUT2D eigenvalue weighted by Gasteiger charge is -2.18. The summed E-state index contributed by atoms with van der Waals surface area (Å²) in [5.74, 6) is 0. The lowest BCUT2D eigenvalue weighted by Crippen LogP contribution is -2.16. The van der Waals surface area contributed by atoms with Crippen molar-refractivity contribution in [2.45, 2.75) is 9.79 Å². The minimum atomic E-state index is -4.16. The Morgan fingerprint density at radius 1 is 0.477 bits per heavy atom. The van der Waals surface area contributed by atoms with Crippen molar-refractivity contribution in [3.63, 3.8) is 0 Å². The molecule has 0 N–H and O–H groups in total. The van der Waals surface area contributed by atoms with E-state index in [-0.39, 0.29) is 21.0 Å². The topological polar surface area (TPSA) is 95.2 Å². The van der Waals surface area contributed by atoms with E-state index in [0.717, 1.165) is 0 Å². The largest absolute Gasteiger partial charge is 0.298 e. The standard InChI is InChI=1S/C35H24N2O5S2/c38-24-27-14-11-19-30(33-22-25-12-7-9-20-31(25)36(33)43(39,40)28-15-3-1-4-16-28)35(27)34-23-26-13-8-10-21-32(26)37(34)44(41,42)29-17-5-2-6-18-29/h1-24H. The van der Waals surface area contributed by atoms with Gasteiger partial charge in [0.05, 0.1) is 32.2 Å². The summed E-state index contributed by atoms with van der Waals surface area (Å²) in [6.45, 7) is 0. The molecule has 0 unspecified atom stereocenters. The number of carbonyl (C=O) groups is 1. The number of fused-ring (bicyclic) bond motifs is 2. The first-order valence-electron chi connectivity index (χ1n) is 13.7. The van der Waals surface area contributed by atoms with Gasteiger partial charge in [-0.05, 0) is 48.5 Å². The van der Waals surface area contributed by atoms with Gasteiger partial charge in [0.1, 0.15) is 0 Å². The zero-order chi connectivity index (χ0) is 30.5. The number of aromatic nitrogens is 2. The normalized spacial score (nSPS) is 12.1. The summed E-state index contributed by atoms with van der Waals surface area (Å²) in [4.78, 5) is 12.8. The molecule has 0 radical (unpaired) electrons. The number of hydrogen-bond acceptors (Lipinski definition) is 5. The molecule has 44 heavy (non-hydrogen) atoms. The van der Waals surface area contributed by atoms with Crippen LogP contribution in [0.1, 0.15) is 10.4 Å². The van der Waals surface area contributed by atoms with Gasteiger partial charge in [0.25, 0.3) is 20.0 Å². The molecule has 7 nitrogen and oxygen atoms in total. The predicted molar refractivity (Wildman–Crippen MR) is 172 cm³/mol. The Kier molecular flexibility index (Phi) is 6.57. The van der Waals surface area contributed by atoms with Crippen LogP contribution in [0.5, 0.6) is 0 Å². The van der Waals surface area contributed by atoms with Crippen molar-refractivity contribution in [1.29, 1.82) is 0 Å². The third-order valence-corrected chi connectivity index (χ3v) is 11.1. The van der Waals surface area contributed by atoms with E-state index in [0.29, 0.717) is 44.9 Å². The number of aldehydes is 1. The van der Waals surface area contributed by atoms with Crippen LogP contribution >= 0.6 is 0 Å². The third kappa shape index (κ3) is 4.28. The Morgan fingerprint density at radius 3 is 1.45 bits per heavy atom. The molecule has 5 aromatic carbocycles. The van der Waals surface area contributed by atoms with Gasteiger partial charge in [-0.15, -0.1) is 0 Å². The van der Waals surface area contributed by atoms with Crippen molar-refractivity contribution in [2.75, 3.05) is 0 Å². The molecule has 2 heterocycles. The number of hydrogen-bond donors (Lipinski definition) is 0. The molecule has 0 fully saturated rings. The SMILES string of the molecule is O=Cc1cccc(-c2cc3ccccc3n2S(=O)(=O)c2ccccc2)c1-c1cc2ccccc2n1S(=O)(=O)c1ccccc1. The minimum absolute atomic E-state index is 0.0773. The predicted octanol–water partition coefficient (Wildman–Crippen LogP) is 7.22. The lowest BCUT2D eigenvalue weighted by atomic mass is 9.96. The second-order valence-electron chi connectivity index (χ2n) is 10.2. The van der Waals surface area contributed by atoms with Gasteiger partial charge in [0, 0.05) is 27.5 Å². The molecule has 7 aromatic rings. The van der Waals surface area contributed by atoms with Gasteiger partial charge in [-0.25, -0.2) is 24.8 Å². The van der Waals surface area contributed by atoms with E-state index in [1.54, 1.807) is 97.1 Å². The maximum Gasteiger partial charge on any atom is 0.268 e. The van der Waals surface area contributed by atoms with E-state index in [4.69, 9.17) is 0 Å². The van der Waals surface area contributed by atoms with Crippen LogP contribution in [0.3, 0.4) is 0 Å². The van der Waals surface area contributed by atoms with Crippen molar-refractivity contribution in [3.8, 4) is 22.5 Å². The van der Waals surface area contributed by atoms with Gasteiger partial charge in [-0.3, -0.25) is 4.79 Å². The summed E-state index contributed by atoms with van der Waals surface area (Å²) in [6, 6.07) is 38.8. The van der Waals surface area contributed by atoms with Crippen LogP contribution in [0.2, 0.25) is 0 Å². The highest BCUT2D eigenvalue weighted by Gasteiger charge is 2.30. The van der Waals surface area contributed by atoms with Crippen molar-refractivity contribution in [1.82, 2.24) is 7.94 Å². The van der Waals surface area contributed by atoms with Gasteiger partial charge in [-0.2, -0.15) is 0 Å². The maximum atomic E-state index is 14.3. The van der Waals surface area contributed by atoms with E-state index >= 15 is 0 Å². The van der Waals surface area contributed by atoms with Crippen LogP contribution in [0.4, 0.5) is 0 Å². The Morgan fingerprint density at radius 2 is 0.932 bits per heavy atom. The summed E-state index contributed by atoms with van der Waals surface area (Å²) >= 11 is 0. The highest BCUT2D eigenvalue weighted by Crippen LogP contribution is 2.42. The van der Waals surface area contributed by atoms with Crippen molar-refractivity contribution < 1.29 is 21.6 Å². The fourth-order valence-corrected chi connectivity index (χ4v) is 8.79. The van der Waals surface area contributed by atoms with E-state index in [1.165, 1.54) is 32.2 Å². The average molecular weight is 617 g/mol. The van der Waals surface area contributed by atoms with Crippen LogP contribution in [-0.4, -0.2) is 31.1 Å².